The molecule has 0 fully saturated rings. The summed E-state index contributed by atoms with van der Waals surface area (Å²) >= 11 is 0. The fourth-order valence-corrected chi connectivity index (χ4v) is 6.11. The molecular weight excluding hydrogens is 731 g/mol. The molecule has 0 aromatic carbocycles. The summed E-state index contributed by atoms with van der Waals surface area (Å²) in [5, 5.41) is 15.2. The number of unbranched alkanes of at least 4 members (excludes halogenated alkanes) is 2. The molecule has 1 rings (SSSR count). The highest BCUT2D eigenvalue weighted by atomic mass is 31.2. The number of aliphatic hydroxyl groups is 1. The molecule has 8 N–H and O–H groups in total. The number of nitrogens with two attached hydrogens (primary N) is 1. The van der Waals surface area contributed by atoms with Crippen LogP contribution in [-0.2, 0) is 53.8 Å². The Hall–Kier alpha value is -3.58. The monoisotopic (exact) mass is 790 g/mol. The Bertz CT molecular complexity index is 1370. The molecule has 4 amide bonds. The zero-order valence-corrected chi connectivity index (χ0v) is 32.8. The predicted octanol–water partition coefficient (Wildman–Crippen LogP) is 0.166. The van der Waals surface area contributed by atoms with Crippen molar-refractivity contribution in [2.45, 2.75) is 97.2 Å². The van der Waals surface area contributed by atoms with Crippen LogP contribution < -0.4 is 16.4 Å². The molecule has 1 aromatic rings. The first kappa shape index (κ1) is 48.4. The minimum atomic E-state index is -5.05. The van der Waals surface area contributed by atoms with Gasteiger partial charge in [0.1, 0.15) is 6.04 Å². The predicted molar refractivity (Wildman–Crippen MR) is 194 cm³/mol. The normalized spacial score (nSPS) is 14.5. The zero-order chi connectivity index (χ0) is 40.8. The maximum absolute atomic E-state index is 13.8. The van der Waals surface area contributed by atoms with Crippen molar-refractivity contribution in [3.05, 3.63) is 18.2 Å². The van der Waals surface area contributed by atoms with Crippen LogP contribution in [0.4, 0.5) is 0 Å². The largest absolute Gasteiger partial charge is 0.469 e. The molecule has 0 saturated carbocycles. The number of H-pyrrole nitrogens is 1. The summed E-state index contributed by atoms with van der Waals surface area (Å²) in [6, 6.07) is -2.60. The van der Waals surface area contributed by atoms with Crippen molar-refractivity contribution in [3.63, 3.8) is 0 Å². The zero-order valence-electron chi connectivity index (χ0n) is 31.9. The number of phosphoric ester groups is 1. The SMILES string of the molecule is CCCCCN(CC(=O)N[C@@H](CC(C)C)C(=O)C[C@@H](Cc1cnc[nH]1)C(=O)N[C@@H](CO)C(=O)C[C@H](C(N)=O)[C@@H](C)OP(=O)(O)O)C(=O)CCOCCOC. The molecule has 0 radical (unpaired) electrons. The van der Waals surface area contributed by atoms with Gasteiger partial charge in [-0.2, -0.15) is 0 Å². The summed E-state index contributed by atoms with van der Waals surface area (Å²) in [6.45, 7) is 6.86. The number of carbonyl (C=O) groups is 6. The van der Waals surface area contributed by atoms with Gasteiger partial charge in [0.15, 0.2) is 11.6 Å². The van der Waals surface area contributed by atoms with Gasteiger partial charge < -0.3 is 50.6 Å². The minimum Gasteiger partial charge on any atom is -0.394 e. The molecule has 0 saturated heterocycles. The molecule has 54 heavy (non-hydrogen) atoms. The second kappa shape index (κ2) is 25.5. The molecule has 0 spiro atoms. The Morgan fingerprint density at radius 3 is 2.24 bits per heavy atom. The van der Waals surface area contributed by atoms with E-state index in [2.05, 4.69) is 25.1 Å². The molecule has 0 bridgehead atoms. The quantitative estimate of drug-likeness (QED) is 0.0404. The van der Waals surface area contributed by atoms with Crippen molar-refractivity contribution in [1.82, 2.24) is 25.5 Å². The standard InChI is InChI=1S/C34H59N6O13P/c1-6-7-8-10-40(32(45)9-11-52-13-12-51-5)19-31(44)38-27(14-22(2)3)29(42)16-24(15-25-18-36-21-37-25)34(47)39-28(20-41)30(43)17-26(33(35)46)23(4)53-54(48,49)50/h18,21-24,26-28,41H,6-17,19-20H2,1-5H3,(H2,35,46)(H,36,37)(H,38,44)(H,39,47)(H2,48,49,50)/t23-,24-,26+,27+,28+/m1/s1. The van der Waals surface area contributed by atoms with E-state index in [1.807, 2.05) is 20.8 Å². The van der Waals surface area contributed by atoms with E-state index in [4.69, 9.17) is 25.0 Å². The van der Waals surface area contributed by atoms with Crippen LogP contribution in [0.25, 0.3) is 0 Å². The molecule has 5 atom stereocenters. The van der Waals surface area contributed by atoms with Gasteiger partial charge in [0.05, 0.1) is 69.7 Å². The highest BCUT2D eigenvalue weighted by Gasteiger charge is 2.35. The fraction of sp³-hybridized carbons (Fsp3) is 0.735. The van der Waals surface area contributed by atoms with Crippen LogP contribution >= 0.6 is 7.82 Å². The van der Waals surface area contributed by atoms with E-state index in [9.17, 15) is 38.4 Å². The van der Waals surface area contributed by atoms with Gasteiger partial charge in [-0.1, -0.05) is 33.6 Å². The summed E-state index contributed by atoms with van der Waals surface area (Å²) in [4.78, 5) is 106. The van der Waals surface area contributed by atoms with E-state index in [0.717, 1.165) is 19.8 Å². The molecule has 19 nitrogen and oxygen atoms in total. The Kier molecular flexibility index (Phi) is 22.9. The van der Waals surface area contributed by atoms with E-state index in [-0.39, 0.29) is 44.2 Å². The van der Waals surface area contributed by atoms with E-state index in [0.29, 0.717) is 31.9 Å². The minimum absolute atomic E-state index is 0.0461. The Labute approximate surface area is 316 Å². The van der Waals surface area contributed by atoms with Gasteiger partial charge in [-0.25, -0.2) is 9.55 Å². The number of ketones is 2. The van der Waals surface area contributed by atoms with Crippen LogP contribution in [0.2, 0.25) is 0 Å². The number of aromatic nitrogens is 2. The average Bonchev–Trinajstić information content (AvgIpc) is 3.60. The summed E-state index contributed by atoms with van der Waals surface area (Å²) < 4.78 is 26.2. The first-order valence-corrected chi connectivity index (χ1v) is 19.6. The van der Waals surface area contributed by atoms with Gasteiger partial charge in [-0.05, 0) is 25.7 Å². The molecule has 1 aromatic heterocycles. The van der Waals surface area contributed by atoms with Crippen molar-refractivity contribution in [2.75, 3.05) is 46.6 Å². The number of nitrogens with zero attached hydrogens (tertiary/aromatic N) is 2. The third kappa shape index (κ3) is 19.7. The number of Topliss-reactive ketones (excluding diaryl/α,β-unsaturated/α-hetero) is 2. The van der Waals surface area contributed by atoms with Crippen LogP contribution in [-0.4, -0.2) is 130 Å². The lowest BCUT2D eigenvalue weighted by Crippen LogP contribution is -2.50. The molecule has 308 valence electrons. The molecule has 0 aliphatic heterocycles. The van der Waals surface area contributed by atoms with Gasteiger partial charge in [-0.15, -0.1) is 0 Å². The first-order valence-electron chi connectivity index (χ1n) is 18.0. The van der Waals surface area contributed by atoms with Crippen LogP contribution in [0.15, 0.2) is 12.5 Å². The Morgan fingerprint density at radius 2 is 1.69 bits per heavy atom. The third-order valence-corrected chi connectivity index (χ3v) is 9.03. The van der Waals surface area contributed by atoms with Crippen molar-refractivity contribution >= 4 is 43.0 Å². The van der Waals surface area contributed by atoms with Crippen LogP contribution in [0, 0.1) is 17.8 Å². The maximum atomic E-state index is 13.8. The number of amides is 4. The first-order chi connectivity index (χ1) is 25.4. The number of rotatable bonds is 30. The molecule has 0 unspecified atom stereocenters. The average molecular weight is 791 g/mol. The van der Waals surface area contributed by atoms with E-state index >= 15 is 0 Å². The summed E-state index contributed by atoms with van der Waals surface area (Å²) in [7, 11) is -3.51. The number of ether oxygens (including phenoxy) is 2. The number of methoxy groups -OCH3 is 1. The van der Waals surface area contributed by atoms with Crippen LogP contribution in [0.3, 0.4) is 0 Å². The second-order valence-electron chi connectivity index (χ2n) is 13.5. The van der Waals surface area contributed by atoms with Crippen molar-refractivity contribution < 1.29 is 62.2 Å². The lowest BCUT2D eigenvalue weighted by molar-refractivity contribution is -0.138. The second-order valence-corrected chi connectivity index (χ2v) is 14.7. The molecule has 0 aliphatic carbocycles. The summed E-state index contributed by atoms with van der Waals surface area (Å²) in [6.07, 6.45) is 2.88. The van der Waals surface area contributed by atoms with Crippen LogP contribution in [0.1, 0.15) is 78.3 Å². The molecule has 1 heterocycles. The van der Waals surface area contributed by atoms with Gasteiger partial charge in [-0.3, -0.25) is 33.3 Å². The fourth-order valence-electron chi connectivity index (χ4n) is 5.53. The van der Waals surface area contributed by atoms with Gasteiger partial charge in [0, 0.05) is 44.8 Å². The van der Waals surface area contributed by atoms with Gasteiger partial charge in [0.25, 0.3) is 0 Å². The molecular formula is C34H59N6O13P. The number of aromatic amines is 1. The molecule has 0 aliphatic rings. The van der Waals surface area contributed by atoms with Crippen molar-refractivity contribution in [1.29, 1.82) is 0 Å². The molecule has 20 heteroatoms. The number of hydrogen-bond acceptors (Lipinski definition) is 12. The van der Waals surface area contributed by atoms with E-state index in [1.54, 1.807) is 0 Å². The number of imidazole rings is 1. The maximum Gasteiger partial charge on any atom is 0.469 e. The smallest absolute Gasteiger partial charge is 0.394 e. The number of carbonyl (C=O) groups excluding carboxylic acids is 6. The number of primary amides is 1. The summed E-state index contributed by atoms with van der Waals surface area (Å²) in [5.74, 6) is -6.81. The third-order valence-electron chi connectivity index (χ3n) is 8.43. The van der Waals surface area contributed by atoms with E-state index in [1.165, 1.54) is 24.5 Å². The summed E-state index contributed by atoms with van der Waals surface area (Å²) in [5.41, 5.74) is 5.82. The Morgan fingerprint density at radius 1 is 1.00 bits per heavy atom. The van der Waals surface area contributed by atoms with Gasteiger partial charge >= 0.3 is 7.82 Å². The van der Waals surface area contributed by atoms with Crippen molar-refractivity contribution in [3.8, 4) is 0 Å². The topological polar surface area (TPSA) is 290 Å². The highest BCUT2D eigenvalue weighted by Crippen LogP contribution is 2.39. The number of hydrogen-bond donors (Lipinski definition) is 7. The lowest BCUT2D eigenvalue weighted by atomic mass is 9.89. The van der Waals surface area contributed by atoms with Crippen LogP contribution in [0.5, 0.6) is 0 Å². The lowest BCUT2D eigenvalue weighted by Gasteiger charge is -2.26. The van der Waals surface area contributed by atoms with Gasteiger partial charge in [0.2, 0.25) is 23.6 Å². The van der Waals surface area contributed by atoms with Crippen molar-refractivity contribution in [2.24, 2.45) is 23.5 Å². The number of nitrogens with one attached hydrogen (secondary N) is 3. The Balaban J connectivity index is 3.16. The number of aliphatic hydroxyl groups excluding tert-OH is 1. The highest BCUT2D eigenvalue weighted by molar-refractivity contribution is 7.46. The van der Waals surface area contributed by atoms with E-state index < -0.39 is 86.6 Å². The number of phosphoric acid groups is 1.